The molecule has 0 bridgehead atoms. The Morgan fingerprint density at radius 3 is 3.24 bits per heavy atom. The van der Waals surface area contributed by atoms with E-state index >= 15 is 0 Å². The van der Waals surface area contributed by atoms with Crippen LogP contribution in [0, 0.1) is 0 Å². The number of nitrogens with zero attached hydrogens (tertiary/aromatic N) is 1. The highest BCUT2D eigenvalue weighted by molar-refractivity contribution is 7.99. The van der Waals surface area contributed by atoms with E-state index < -0.39 is 0 Å². The predicted molar refractivity (Wildman–Crippen MR) is 68.5 cm³/mol. The van der Waals surface area contributed by atoms with Crippen LogP contribution in [0.4, 0.5) is 0 Å². The van der Waals surface area contributed by atoms with Crippen LogP contribution < -0.4 is 0 Å². The van der Waals surface area contributed by atoms with Crippen LogP contribution in [0.15, 0.2) is 29.4 Å². The van der Waals surface area contributed by atoms with E-state index in [-0.39, 0.29) is 0 Å². The van der Waals surface area contributed by atoms with Gasteiger partial charge in [0.25, 0.3) is 0 Å². The lowest BCUT2D eigenvalue weighted by molar-refractivity contribution is 0.112. The lowest BCUT2D eigenvalue weighted by Crippen LogP contribution is -1.98. The smallest absolute Gasteiger partial charge is 0.168 e. The Hall–Kier alpha value is -1.55. The Morgan fingerprint density at radius 1 is 1.41 bits per heavy atom. The summed E-state index contributed by atoms with van der Waals surface area (Å²) in [5.74, 6) is 1.20. The maximum absolute atomic E-state index is 10.9. The Balaban J connectivity index is 2.07. The molecular formula is C13H12N2OS. The molecule has 3 nitrogen and oxygen atoms in total. The maximum Gasteiger partial charge on any atom is 0.168 e. The fourth-order valence-electron chi connectivity index (χ4n) is 2.13. The number of nitrogens with one attached hydrogen (secondary N) is 1. The van der Waals surface area contributed by atoms with Gasteiger partial charge in [-0.1, -0.05) is 6.07 Å². The van der Waals surface area contributed by atoms with Gasteiger partial charge in [0, 0.05) is 10.5 Å². The molecule has 1 N–H and O–H groups in total. The average molecular weight is 244 g/mol. The van der Waals surface area contributed by atoms with E-state index in [2.05, 4.69) is 22.1 Å². The van der Waals surface area contributed by atoms with Crippen molar-refractivity contribution in [2.24, 2.45) is 0 Å². The van der Waals surface area contributed by atoms with Crippen molar-refractivity contribution in [3.63, 3.8) is 0 Å². The Morgan fingerprint density at radius 2 is 2.35 bits per heavy atom. The van der Waals surface area contributed by atoms with Gasteiger partial charge in [0.15, 0.2) is 6.29 Å². The number of aryl methyl sites for hydroxylation is 1. The van der Waals surface area contributed by atoms with Gasteiger partial charge in [0.2, 0.25) is 0 Å². The largest absolute Gasteiger partial charge is 0.342 e. The Bertz CT molecular complexity index is 562. The van der Waals surface area contributed by atoms with Crippen LogP contribution in [0.1, 0.15) is 22.5 Å². The minimum Gasteiger partial charge on any atom is -0.342 e. The Labute approximate surface area is 104 Å². The molecule has 0 fully saturated rings. The summed E-state index contributed by atoms with van der Waals surface area (Å²) in [6.45, 7) is 0. The zero-order chi connectivity index (χ0) is 11.7. The summed E-state index contributed by atoms with van der Waals surface area (Å²) >= 11 is 1.91. The van der Waals surface area contributed by atoms with Crippen LogP contribution in [0.2, 0.25) is 0 Å². The fourth-order valence-corrected chi connectivity index (χ4v) is 3.15. The molecule has 0 atom stereocenters. The Kier molecular flexibility index (Phi) is 2.73. The maximum atomic E-state index is 10.9. The summed E-state index contributed by atoms with van der Waals surface area (Å²) in [6.07, 6.45) is 4.73. The lowest BCUT2D eigenvalue weighted by atomic mass is 10.0. The van der Waals surface area contributed by atoms with E-state index in [4.69, 9.17) is 0 Å². The first-order valence-corrected chi connectivity index (χ1v) is 6.61. The van der Waals surface area contributed by atoms with Crippen molar-refractivity contribution in [3.8, 4) is 11.3 Å². The second-order valence-corrected chi connectivity index (χ2v) is 5.19. The van der Waals surface area contributed by atoms with Crippen LogP contribution in [0.5, 0.6) is 0 Å². The van der Waals surface area contributed by atoms with Gasteiger partial charge >= 0.3 is 0 Å². The number of aromatic nitrogens is 2. The summed E-state index contributed by atoms with van der Waals surface area (Å²) in [4.78, 5) is 19.3. The molecule has 2 heterocycles. The minimum atomic E-state index is 0.549. The quantitative estimate of drug-likeness (QED) is 0.826. The molecule has 1 aromatic heterocycles. The number of thioether (sulfide) groups is 1. The second-order valence-electron chi connectivity index (χ2n) is 4.06. The first kappa shape index (κ1) is 10.6. The molecule has 0 spiro atoms. The third-order valence-electron chi connectivity index (χ3n) is 2.97. The number of hydrogen-bond acceptors (Lipinski definition) is 3. The van der Waals surface area contributed by atoms with E-state index in [1.54, 1.807) is 6.33 Å². The van der Waals surface area contributed by atoms with Crippen LogP contribution in [-0.2, 0) is 6.42 Å². The van der Waals surface area contributed by atoms with Crippen molar-refractivity contribution in [1.82, 2.24) is 9.97 Å². The number of rotatable bonds is 2. The molecule has 0 radical (unpaired) electrons. The third kappa shape index (κ3) is 1.89. The van der Waals surface area contributed by atoms with Gasteiger partial charge in [-0.3, -0.25) is 4.79 Å². The van der Waals surface area contributed by atoms with Crippen molar-refractivity contribution >= 4 is 18.0 Å². The number of aldehydes is 1. The number of imidazole rings is 1. The highest BCUT2D eigenvalue weighted by atomic mass is 32.2. The molecular weight excluding hydrogens is 232 g/mol. The molecule has 0 amide bonds. The van der Waals surface area contributed by atoms with Gasteiger partial charge < -0.3 is 4.98 Å². The number of H-pyrrole nitrogens is 1. The molecule has 0 aliphatic carbocycles. The topological polar surface area (TPSA) is 45.8 Å². The van der Waals surface area contributed by atoms with Crippen molar-refractivity contribution in [2.45, 2.75) is 17.7 Å². The molecule has 1 aliphatic rings. The lowest BCUT2D eigenvalue weighted by Gasteiger charge is -2.15. The molecule has 86 valence electrons. The monoisotopic (exact) mass is 244 g/mol. The molecule has 2 aromatic rings. The molecule has 1 aromatic carbocycles. The first-order valence-electron chi connectivity index (χ1n) is 5.63. The predicted octanol–water partition coefficient (Wildman–Crippen LogP) is 2.93. The molecule has 0 saturated heterocycles. The van der Waals surface area contributed by atoms with Crippen molar-refractivity contribution in [1.29, 1.82) is 0 Å². The normalized spacial score (nSPS) is 14.4. The molecule has 17 heavy (non-hydrogen) atoms. The molecule has 3 rings (SSSR count). The van der Waals surface area contributed by atoms with Gasteiger partial charge in [0.05, 0.1) is 12.0 Å². The number of fused-ring (bicyclic) bond motifs is 1. The van der Waals surface area contributed by atoms with Crippen LogP contribution in [0.25, 0.3) is 11.3 Å². The van der Waals surface area contributed by atoms with Crippen molar-refractivity contribution in [3.05, 3.63) is 35.8 Å². The van der Waals surface area contributed by atoms with Gasteiger partial charge in [-0.05, 0) is 36.3 Å². The van der Waals surface area contributed by atoms with Gasteiger partial charge in [0.1, 0.15) is 5.69 Å². The molecule has 0 saturated carbocycles. The molecule has 4 heteroatoms. The number of aromatic amines is 1. The second kappa shape index (κ2) is 4.37. The zero-order valence-corrected chi connectivity index (χ0v) is 10.1. The van der Waals surface area contributed by atoms with E-state index in [9.17, 15) is 4.79 Å². The zero-order valence-electron chi connectivity index (χ0n) is 9.27. The third-order valence-corrected chi connectivity index (χ3v) is 4.17. The van der Waals surface area contributed by atoms with E-state index in [1.165, 1.54) is 22.6 Å². The molecule has 1 aliphatic heterocycles. The standard InChI is InChI=1S/C13H12N2OS/c16-7-11-13(15-8-14-11)10-3-4-12-9(6-10)2-1-5-17-12/h3-4,6-8H,1-2,5H2,(H,14,15). The SMILES string of the molecule is O=Cc1[nH]cnc1-c1ccc2c(c1)CCCS2. The van der Waals surface area contributed by atoms with E-state index in [0.29, 0.717) is 5.69 Å². The summed E-state index contributed by atoms with van der Waals surface area (Å²) in [7, 11) is 0. The van der Waals surface area contributed by atoms with Crippen molar-refractivity contribution in [2.75, 3.05) is 5.75 Å². The minimum absolute atomic E-state index is 0.549. The number of carbonyl (C=O) groups is 1. The highest BCUT2D eigenvalue weighted by Gasteiger charge is 2.13. The van der Waals surface area contributed by atoms with Gasteiger partial charge in [-0.25, -0.2) is 4.98 Å². The summed E-state index contributed by atoms with van der Waals surface area (Å²) < 4.78 is 0. The van der Waals surface area contributed by atoms with Crippen molar-refractivity contribution < 1.29 is 4.79 Å². The summed E-state index contributed by atoms with van der Waals surface area (Å²) in [5, 5.41) is 0. The van der Waals surface area contributed by atoms with E-state index in [1.807, 2.05) is 17.8 Å². The van der Waals surface area contributed by atoms with Crippen LogP contribution >= 0.6 is 11.8 Å². The van der Waals surface area contributed by atoms with Gasteiger partial charge in [-0.15, -0.1) is 11.8 Å². The fraction of sp³-hybridized carbons (Fsp3) is 0.231. The number of hydrogen-bond donors (Lipinski definition) is 1. The summed E-state index contributed by atoms with van der Waals surface area (Å²) in [5.41, 5.74) is 3.69. The summed E-state index contributed by atoms with van der Waals surface area (Å²) in [6, 6.07) is 6.34. The highest BCUT2D eigenvalue weighted by Crippen LogP contribution is 2.33. The van der Waals surface area contributed by atoms with Crippen LogP contribution in [-0.4, -0.2) is 22.0 Å². The van der Waals surface area contributed by atoms with Gasteiger partial charge in [-0.2, -0.15) is 0 Å². The van der Waals surface area contributed by atoms with E-state index in [0.717, 1.165) is 24.0 Å². The molecule has 0 unspecified atom stereocenters. The number of carbonyl (C=O) groups excluding carboxylic acids is 1. The number of benzene rings is 1. The van der Waals surface area contributed by atoms with Crippen LogP contribution in [0.3, 0.4) is 0 Å². The first-order chi connectivity index (χ1) is 8.38. The average Bonchev–Trinajstić information content (AvgIpc) is 2.86.